The lowest BCUT2D eigenvalue weighted by molar-refractivity contribution is 0.0536. The van der Waals surface area contributed by atoms with Crippen molar-refractivity contribution < 1.29 is 14.3 Å². The van der Waals surface area contributed by atoms with E-state index in [1.54, 1.807) is 14.2 Å². The van der Waals surface area contributed by atoms with Gasteiger partial charge in [0.1, 0.15) is 11.9 Å². The molecule has 18 heavy (non-hydrogen) atoms. The number of ketones is 1. The molecule has 0 radical (unpaired) electrons. The fraction of sp³-hybridized carbons (Fsp3) is 0.533. The van der Waals surface area contributed by atoms with Crippen LogP contribution in [0.3, 0.4) is 0 Å². The van der Waals surface area contributed by atoms with Crippen LogP contribution in [0.1, 0.15) is 34.3 Å². The molecule has 3 heteroatoms. The van der Waals surface area contributed by atoms with Crippen molar-refractivity contribution in [2.75, 3.05) is 14.2 Å². The topological polar surface area (TPSA) is 35.5 Å². The summed E-state index contributed by atoms with van der Waals surface area (Å²) in [6.45, 7) is 3.95. The molecule has 3 nitrogen and oxygen atoms in total. The molecule has 1 atom stereocenters. The van der Waals surface area contributed by atoms with Gasteiger partial charge in [-0.05, 0) is 49.8 Å². The van der Waals surface area contributed by atoms with Crippen molar-refractivity contribution in [2.24, 2.45) is 5.92 Å². The van der Waals surface area contributed by atoms with Crippen molar-refractivity contribution in [3.05, 3.63) is 28.8 Å². The smallest absolute Gasteiger partial charge is 0.195 e. The summed E-state index contributed by atoms with van der Waals surface area (Å²) in [5, 5.41) is 0. The van der Waals surface area contributed by atoms with Gasteiger partial charge in [-0.3, -0.25) is 4.79 Å². The number of aryl methyl sites for hydroxylation is 2. The molecular formula is C15H20O3. The number of benzene rings is 1. The van der Waals surface area contributed by atoms with Gasteiger partial charge in [0.25, 0.3) is 0 Å². The molecule has 1 aliphatic carbocycles. The maximum absolute atomic E-state index is 12.6. The second-order valence-corrected chi connectivity index (χ2v) is 5.02. The molecule has 1 aromatic rings. The molecule has 1 saturated carbocycles. The molecule has 0 amide bonds. The molecule has 1 aliphatic rings. The van der Waals surface area contributed by atoms with Crippen LogP contribution < -0.4 is 4.74 Å². The quantitative estimate of drug-likeness (QED) is 0.752. The van der Waals surface area contributed by atoms with E-state index in [-0.39, 0.29) is 11.9 Å². The standard InChI is InChI=1S/C15H20O3/c1-9-7-10(2)13(12(8-9)17-3)14(16)15(18-4)11-5-6-11/h7-8,11,15H,5-6H2,1-4H3. The molecule has 0 bridgehead atoms. The minimum Gasteiger partial charge on any atom is -0.496 e. The molecule has 1 aromatic carbocycles. The van der Waals surface area contributed by atoms with Crippen LogP contribution in [0.25, 0.3) is 0 Å². The fourth-order valence-electron chi connectivity index (χ4n) is 2.46. The summed E-state index contributed by atoms with van der Waals surface area (Å²) in [7, 11) is 3.21. The second kappa shape index (κ2) is 5.11. The Morgan fingerprint density at radius 1 is 1.28 bits per heavy atom. The van der Waals surface area contributed by atoms with Crippen LogP contribution in [0, 0.1) is 19.8 Å². The molecule has 1 unspecified atom stereocenters. The van der Waals surface area contributed by atoms with Crippen molar-refractivity contribution in [3.8, 4) is 5.75 Å². The number of carbonyl (C=O) groups is 1. The first kappa shape index (κ1) is 13.1. The molecule has 0 spiro atoms. The molecular weight excluding hydrogens is 228 g/mol. The molecule has 98 valence electrons. The van der Waals surface area contributed by atoms with Crippen molar-refractivity contribution >= 4 is 5.78 Å². The number of carbonyl (C=O) groups excluding carboxylic acids is 1. The molecule has 0 saturated heterocycles. The minimum atomic E-state index is -0.319. The van der Waals surface area contributed by atoms with Gasteiger partial charge >= 0.3 is 0 Å². The van der Waals surface area contributed by atoms with Crippen LogP contribution in [0.5, 0.6) is 5.75 Å². The Labute approximate surface area is 108 Å². The van der Waals surface area contributed by atoms with Crippen LogP contribution in [0.2, 0.25) is 0 Å². The lowest BCUT2D eigenvalue weighted by atomic mass is 9.96. The summed E-state index contributed by atoms with van der Waals surface area (Å²) >= 11 is 0. The van der Waals surface area contributed by atoms with Crippen LogP contribution in [-0.4, -0.2) is 26.1 Å². The average Bonchev–Trinajstić information content (AvgIpc) is 3.13. The number of ether oxygens (including phenoxy) is 2. The Balaban J connectivity index is 2.39. The van der Waals surface area contributed by atoms with E-state index in [9.17, 15) is 4.79 Å². The predicted molar refractivity (Wildman–Crippen MR) is 70.3 cm³/mol. The summed E-state index contributed by atoms with van der Waals surface area (Å²) in [6, 6.07) is 3.91. The monoisotopic (exact) mass is 248 g/mol. The third kappa shape index (κ3) is 2.41. The molecule has 0 heterocycles. The van der Waals surface area contributed by atoms with Gasteiger partial charge in [-0.2, -0.15) is 0 Å². The van der Waals surface area contributed by atoms with Crippen LogP contribution in [0.4, 0.5) is 0 Å². The zero-order valence-corrected chi connectivity index (χ0v) is 11.4. The van der Waals surface area contributed by atoms with Crippen molar-refractivity contribution in [2.45, 2.75) is 32.8 Å². The molecule has 0 N–H and O–H groups in total. The normalized spacial score (nSPS) is 16.4. The van der Waals surface area contributed by atoms with E-state index in [1.807, 2.05) is 26.0 Å². The maximum atomic E-state index is 12.6. The van der Waals surface area contributed by atoms with E-state index in [2.05, 4.69) is 0 Å². The zero-order valence-electron chi connectivity index (χ0n) is 11.4. The number of rotatable bonds is 5. The van der Waals surface area contributed by atoms with Crippen molar-refractivity contribution in [3.63, 3.8) is 0 Å². The van der Waals surface area contributed by atoms with E-state index >= 15 is 0 Å². The Morgan fingerprint density at radius 3 is 2.44 bits per heavy atom. The third-order valence-corrected chi connectivity index (χ3v) is 3.47. The zero-order chi connectivity index (χ0) is 13.3. The van der Waals surface area contributed by atoms with Gasteiger partial charge in [0.2, 0.25) is 0 Å². The van der Waals surface area contributed by atoms with E-state index in [4.69, 9.17) is 9.47 Å². The first-order valence-electron chi connectivity index (χ1n) is 6.30. The largest absolute Gasteiger partial charge is 0.496 e. The Bertz CT molecular complexity index is 461. The second-order valence-electron chi connectivity index (χ2n) is 5.02. The van der Waals surface area contributed by atoms with E-state index in [1.165, 1.54) is 0 Å². The number of hydrogen-bond donors (Lipinski definition) is 0. The lowest BCUT2D eigenvalue weighted by Gasteiger charge is -2.17. The highest BCUT2D eigenvalue weighted by Crippen LogP contribution is 2.37. The number of hydrogen-bond acceptors (Lipinski definition) is 3. The summed E-state index contributed by atoms with van der Waals surface area (Å²) in [5.74, 6) is 1.09. The summed E-state index contributed by atoms with van der Waals surface area (Å²) in [5.41, 5.74) is 2.72. The maximum Gasteiger partial charge on any atom is 0.195 e. The lowest BCUT2D eigenvalue weighted by Crippen LogP contribution is -2.26. The average molecular weight is 248 g/mol. The van der Waals surface area contributed by atoms with Gasteiger partial charge in [0, 0.05) is 7.11 Å². The Morgan fingerprint density at radius 2 is 1.94 bits per heavy atom. The SMILES string of the molecule is COc1cc(C)cc(C)c1C(=O)C(OC)C1CC1. The molecule has 2 rings (SSSR count). The number of Topliss-reactive ketones (excluding diaryl/α,β-unsaturated/α-hetero) is 1. The van der Waals surface area contributed by atoms with Gasteiger partial charge in [-0.25, -0.2) is 0 Å². The first-order valence-corrected chi connectivity index (χ1v) is 6.30. The van der Waals surface area contributed by atoms with Gasteiger partial charge in [-0.1, -0.05) is 6.07 Å². The summed E-state index contributed by atoms with van der Waals surface area (Å²) < 4.78 is 10.7. The van der Waals surface area contributed by atoms with Gasteiger partial charge < -0.3 is 9.47 Å². The van der Waals surface area contributed by atoms with Crippen LogP contribution in [0.15, 0.2) is 12.1 Å². The Hall–Kier alpha value is -1.35. The predicted octanol–water partition coefficient (Wildman–Crippen LogP) is 2.92. The molecule has 0 aliphatic heterocycles. The van der Waals surface area contributed by atoms with E-state index in [0.717, 1.165) is 24.0 Å². The van der Waals surface area contributed by atoms with Gasteiger partial charge in [0.05, 0.1) is 12.7 Å². The van der Waals surface area contributed by atoms with E-state index < -0.39 is 0 Å². The highest BCUT2D eigenvalue weighted by atomic mass is 16.5. The van der Waals surface area contributed by atoms with E-state index in [0.29, 0.717) is 17.2 Å². The Kier molecular flexibility index (Phi) is 3.71. The molecule has 1 fully saturated rings. The summed E-state index contributed by atoms with van der Waals surface area (Å²) in [4.78, 5) is 12.6. The van der Waals surface area contributed by atoms with Crippen molar-refractivity contribution in [1.29, 1.82) is 0 Å². The van der Waals surface area contributed by atoms with Crippen LogP contribution in [-0.2, 0) is 4.74 Å². The van der Waals surface area contributed by atoms with Crippen LogP contribution >= 0.6 is 0 Å². The fourth-order valence-corrected chi connectivity index (χ4v) is 2.46. The van der Waals surface area contributed by atoms with Gasteiger partial charge in [-0.15, -0.1) is 0 Å². The minimum absolute atomic E-state index is 0.0503. The first-order chi connectivity index (χ1) is 8.58. The highest BCUT2D eigenvalue weighted by Gasteiger charge is 2.38. The van der Waals surface area contributed by atoms with Gasteiger partial charge in [0.15, 0.2) is 5.78 Å². The third-order valence-electron chi connectivity index (χ3n) is 3.47. The summed E-state index contributed by atoms with van der Waals surface area (Å²) in [6.07, 6.45) is 1.84. The molecule has 0 aromatic heterocycles. The van der Waals surface area contributed by atoms with Crippen molar-refractivity contribution in [1.82, 2.24) is 0 Å². The highest BCUT2D eigenvalue weighted by molar-refractivity contribution is 6.03. The number of methoxy groups -OCH3 is 2.